The van der Waals surface area contributed by atoms with Crippen molar-refractivity contribution in [1.82, 2.24) is 9.97 Å². The zero-order valence-electron chi connectivity index (χ0n) is 11.2. The van der Waals surface area contributed by atoms with Gasteiger partial charge in [0.1, 0.15) is 0 Å². The SMILES string of the molecule is OCCSc1nc(-c2ccccc2)c2cc(Cl)ccc2n1. The number of halogens is 1. The van der Waals surface area contributed by atoms with E-state index in [0.29, 0.717) is 15.9 Å². The molecule has 0 bridgehead atoms. The van der Waals surface area contributed by atoms with Crippen LogP contribution in [-0.2, 0) is 0 Å². The monoisotopic (exact) mass is 316 g/mol. The summed E-state index contributed by atoms with van der Waals surface area (Å²) in [6.45, 7) is 0.105. The minimum atomic E-state index is 0.105. The van der Waals surface area contributed by atoms with Gasteiger partial charge in [0.05, 0.1) is 17.8 Å². The number of fused-ring (bicyclic) bond motifs is 1. The molecule has 0 aliphatic heterocycles. The minimum Gasteiger partial charge on any atom is -0.396 e. The number of benzene rings is 2. The summed E-state index contributed by atoms with van der Waals surface area (Å²) < 4.78 is 0. The zero-order valence-corrected chi connectivity index (χ0v) is 12.7. The number of hydrogen-bond acceptors (Lipinski definition) is 4. The second kappa shape index (κ2) is 6.43. The second-order valence-corrected chi connectivity index (χ2v) is 5.95. The number of rotatable bonds is 4. The van der Waals surface area contributed by atoms with Gasteiger partial charge in [-0.25, -0.2) is 9.97 Å². The number of thioether (sulfide) groups is 1. The van der Waals surface area contributed by atoms with Gasteiger partial charge >= 0.3 is 0 Å². The van der Waals surface area contributed by atoms with Gasteiger partial charge in [0.15, 0.2) is 5.16 Å². The van der Waals surface area contributed by atoms with Crippen LogP contribution in [0.4, 0.5) is 0 Å². The summed E-state index contributed by atoms with van der Waals surface area (Å²) >= 11 is 7.55. The maximum absolute atomic E-state index is 8.97. The number of nitrogens with zero attached hydrogens (tertiary/aromatic N) is 2. The molecule has 0 aliphatic rings. The van der Waals surface area contributed by atoms with Crippen LogP contribution < -0.4 is 0 Å². The summed E-state index contributed by atoms with van der Waals surface area (Å²) in [5, 5.41) is 11.2. The van der Waals surface area contributed by atoms with Crippen LogP contribution in [0.5, 0.6) is 0 Å². The first-order valence-corrected chi connectivity index (χ1v) is 7.90. The Kier molecular flexibility index (Phi) is 4.39. The molecule has 0 amide bonds. The van der Waals surface area contributed by atoms with Crippen LogP contribution in [0.15, 0.2) is 53.7 Å². The molecule has 0 saturated heterocycles. The van der Waals surface area contributed by atoms with Crippen molar-refractivity contribution >= 4 is 34.3 Å². The molecule has 1 aromatic heterocycles. The lowest BCUT2D eigenvalue weighted by Gasteiger charge is -2.08. The van der Waals surface area contributed by atoms with E-state index >= 15 is 0 Å². The largest absolute Gasteiger partial charge is 0.396 e. The fraction of sp³-hybridized carbons (Fsp3) is 0.125. The van der Waals surface area contributed by atoms with Crippen molar-refractivity contribution in [2.75, 3.05) is 12.4 Å². The van der Waals surface area contributed by atoms with Crippen molar-refractivity contribution in [3.8, 4) is 11.3 Å². The van der Waals surface area contributed by atoms with E-state index in [1.807, 2.05) is 48.5 Å². The van der Waals surface area contributed by atoms with Crippen LogP contribution in [0.1, 0.15) is 0 Å². The van der Waals surface area contributed by atoms with E-state index < -0.39 is 0 Å². The Morgan fingerprint density at radius 3 is 2.62 bits per heavy atom. The third-order valence-corrected chi connectivity index (χ3v) is 4.07. The number of aliphatic hydroxyl groups excluding tert-OH is 1. The van der Waals surface area contributed by atoms with Crippen molar-refractivity contribution < 1.29 is 5.11 Å². The summed E-state index contributed by atoms with van der Waals surface area (Å²) in [6.07, 6.45) is 0. The van der Waals surface area contributed by atoms with Crippen LogP contribution in [-0.4, -0.2) is 27.4 Å². The number of aliphatic hydroxyl groups is 1. The molecule has 0 atom stereocenters. The molecule has 1 N–H and O–H groups in total. The molecule has 3 aromatic rings. The molecule has 0 aliphatic carbocycles. The van der Waals surface area contributed by atoms with Crippen molar-refractivity contribution in [2.24, 2.45) is 0 Å². The Hall–Kier alpha value is -1.62. The summed E-state index contributed by atoms with van der Waals surface area (Å²) in [4.78, 5) is 9.15. The molecule has 0 fully saturated rings. The van der Waals surface area contributed by atoms with E-state index in [4.69, 9.17) is 16.7 Å². The molecule has 0 unspecified atom stereocenters. The molecule has 0 radical (unpaired) electrons. The molecule has 3 rings (SSSR count). The lowest BCUT2D eigenvalue weighted by atomic mass is 10.1. The average molecular weight is 317 g/mol. The Labute approximate surface area is 132 Å². The highest BCUT2D eigenvalue weighted by atomic mass is 35.5. The van der Waals surface area contributed by atoms with E-state index in [1.54, 1.807) is 0 Å². The molecule has 3 nitrogen and oxygen atoms in total. The molecule has 5 heteroatoms. The third kappa shape index (κ3) is 3.18. The Balaban J connectivity index is 2.21. The Bertz CT molecular complexity index is 765. The van der Waals surface area contributed by atoms with E-state index in [1.165, 1.54) is 11.8 Å². The van der Waals surface area contributed by atoms with Crippen molar-refractivity contribution in [3.63, 3.8) is 0 Å². The fourth-order valence-electron chi connectivity index (χ4n) is 2.10. The predicted octanol–water partition coefficient (Wildman–Crippen LogP) is 4.03. The van der Waals surface area contributed by atoms with Crippen LogP contribution in [0.2, 0.25) is 5.02 Å². The molecule has 1 heterocycles. The lowest BCUT2D eigenvalue weighted by molar-refractivity contribution is 0.322. The summed E-state index contributed by atoms with van der Waals surface area (Å²) in [6, 6.07) is 15.6. The van der Waals surface area contributed by atoms with Gasteiger partial charge in [0.2, 0.25) is 0 Å². The van der Waals surface area contributed by atoms with Gasteiger partial charge in [-0.1, -0.05) is 53.7 Å². The molecular weight excluding hydrogens is 304 g/mol. The minimum absolute atomic E-state index is 0.105. The highest BCUT2D eigenvalue weighted by Crippen LogP contribution is 2.30. The molecule has 0 spiro atoms. The van der Waals surface area contributed by atoms with Crippen LogP contribution in [0.25, 0.3) is 22.2 Å². The average Bonchev–Trinajstić information content (AvgIpc) is 2.53. The first-order valence-electron chi connectivity index (χ1n) is 6.54. The van der Waals surface area contributed by atoms with Gasteiger partial charge in [-0.15, -0.1) is 0 Å². The van der Waals surface area contributed by atoms with Gasteiger partial charge < -0.3 is 5.11 Å². The number of hydrogen-bond donors (Lipinski definition) is 1. The van der Waals surface area contributed by atoms with Crippen molar-refractivity contribution in [3.05, 3.63) is 53.6 Å². The quantitative estimate of drug-likeness (QED) is 0.583. The molecular formula is C16H13ClN2OS. The van der Waals surface area contributed by atoms with Crippen molar-refractivity contribution in [1.29, 1.82) is 0 Å². The zero-order chi connectivity index (χ0) is 14.7. The van der Waals surface area contributed by atoms with Gasteiger partial charge in [-0.3, -0.25) is 0 Å². The topological polar surface area (TPSA) is 46.0 Å². The first kappa shape index (κ1) is 14.3. The molecule has 21 heavy (non-hydrogen) atoms. The number of aromatic nitrogens is 2. The summed E-state index contributed by atoms with van der Waals surface area (Å²) in [5.74, 6) is 0.577. The molecule has 2 aromatic carbocycles. The summed E-state index contributed by atoms with van der Waals surface area (Å²) in [5.41, 5.74) is 2.75. The lowest BCUT2D eigenvalue weighted by Crippen LogP contribution is -1.95. The van der Waals surface area contributed by atoms with Crippen LogP contribution >= 0.6 is 23.4 Å². The van der Waals surface area contributed by atoms with Gasteiger partial charge in [-0.2, -0.15) is 0 Å². The van der Waals surface area contributed by atoms with Crippen LogP contribution in [0, 0.1) is 0 Å². The smallest absolute Gasteiger partial charge is 0.188 e. The normalized spacial score (nSPS) is 11.0. The predicted molar refractivity (Wildman–Crippen MR) is 87.8 cm³/mol. The molecule has 106 valence electrons. The fourth-order valence-corrected chi connectivity index (χ4v) is 2.86. The van der Waals surface area contributed by atoms with E-state index in [2.05, 4.69) is 9.97 Å². The summed E-state index contributed by atoms with van der Waals surface area (Å²) in [7, 11) is 0. The van der Waals surface area contributed by atoms with E-state index in [-0.39, 0.29) is 6.61 Å². The first-order chi connectivity index (χ1) is 10.3. The van der Waals surface area contributed by atoms with E-state index in [0.717, 1.165) is 22.2 Å². The maximum atomic E-state index is 8.97. The van der Waals surface area contributed by atoms with Gasteiger partial charge in [-0.05, 0) is 18.2 Å². The highest BCUT2D eigenvalue weighted by Gasteiger charge is 2.10. The van der Waals surface area contributed by atoms with Gasteiger partial charge in [0.25, 0.3) is 0 Å². The Morgan fingerprint density at radius 2 is 1.86 bits per heavy atom. The third-order valence-electron chi connectivity index (χ3n) is 3.01. The van der Waals surface area contributed by atoms with Crippen LogP contribution in [0.3, 0.4) is 0 Å². The van der Waals surface area contributed by atoms with Gasteiger partial charge in [0, 0.05) is 21.7 Å². The highest BCUT2D eigenvalue weighted by molar-refractivity contribution is 7.99. The second-order valence-electron chi connectivity index (χ2n) is 4.45. The Morgan fingerprint density at radius 1 is 1.05 bits per heavy atom. The van der Waals surface area contributed by atoms with Crippen molar-refractivity contribution in [2.45, 2.75) is 5.16 Å². The van der Waals surface area contributed by atoms with E-state index in [9.17, 15) is 0 Å². The maximum Gasteiger partial charge on any atom is 0.188 e. The standard InChI is InChI=1S/C16H13ClN2OS/c17-12-6-7-14-13(10-12)15(11-4-2-1-3-5-11)19-16(18-14)21-9-8-20/h1-7,10,20H,8-9H2. The molecule has 0 saturated carbocycles.